The zero-order valence-electron chi connectivity index (χ0n) is 49.8. The molecule has 0 aliphatic heterocycles. The lowest BCUT2D eigenvalue weighted by Gasteiger charge is -2.22. The van der Waals surface area contributed by atoms with E-state index in [4.69, 9.17) is 0 Å². The van der Waals surface area contributed by atoms with Crippen LogP contribution in [0.15, 0.2) is 170 Å². The lowest BCUT2D eigenvalue weighted by atomic mass is 9.82. The maximum Gasteiger partial charge on any atom is -0.00105 e. The van der Waals surface area contributed by atoms with Crippen LogP contribution in [0.1, 0.15) is 214 Å². The van der Waals surface area contributed by atoms with Gasteiger partial charge in [0.15, 0.2) is 0 Å². The van der Waals surface area contributed by atoms with Gasteiger partial charge in [-0.1, -0.05) is 294 Å². The molecule has 0 saturated heterocycles. The molecule has 5 aliphatic rings. The molecular weight excluding hydrogens is 889 g/mol. The highest BCUT2D eigenvalue weighted by Crippen LogP contribution is 2.44. The number of hydrogen-bond donors (Lipinski definition) is 0. The third-order valence-electron chi connectivity index (χ3n) is 13.1. The molecule has 8 aromatic carbocycles. The van der Waals surface area contributed by atoms with Gasteiger partial charge in [0, 0.05) is 0 Å². The minimum absolute atomic E-state index is 1.08. The molecule has 0 saturated carbocycles. The Hall–Kier alpha value is -6.24. The largest absolute Gasteiger partial charge is 0.0683 e. The minimum atomic E-state index is 1.08. The maximum absolute atomic E-state index is 2.36. The van der Waals surface area contributed by atoms with E-state index in [1.54, 1.807) is 16.7 Å². The van der Waals surface area contributed by atoms with Crippen molar-refractivity contribution in [2.75, 3.05) is 0 Å². The van der Waals surface area contributed by atoms with Gasteiger partial charge in [0.25, 0.3) is 0 Å². The van der Waals surface area contributed by atoms with Gasteiger partial charge in [0.2, 0.25) is 0 Å². The fourth-order valence-electron chi connectivity index (χ4n) is 10.2. The first-order valence-electron chi connectivity index (χ1n) is 29.4. The predicted octanol–water partition coefficient (Wildman–Crippen LogP) is 21.9. The fourth-order valence-corrected chi connectivity index (χ4v) is 10.2. The molecule has 13 rings (SSSR count). The minimum Gasteiger partial charge on any atom is -0.0683 e. The lowest BCUT2D eigenvalue weighted by molar-refractivity contribution is 0.978. The Bertz CT molecular complexity index is 2730. The van der Waals surface area contributed by atoms with E-state index in [9.17, 15) is 0 Å². The second-order valence-electron chi connectivity index (χ2n) is 16.3. The standard InChI is InChI=1S/2C21H16.C14H12.9C2H6/c1-2-6-15-13-20-17(11-14(15)5-1)9-10-18-12-16-7-3-4-8-19(16)21(18)20;1-2-6-15-12-20-17(11-14(15)5-1)9-10-19-18-8-4-3-7-16(18)13-21(19)20;1-2-6-12-10-14-8-4-3-7-13(14)9-11(12)5-1;9*1-2/h2*1-10H,11-13H2;1-8H,9-10H2;9*1-2H3. The van der Waals surface area contributed by atoms with Gasteiger partial charge in [-0.25, -0.2) is 0 Å². The van der Waals surface area contributed by atoms with E-state index in [1.807, 2.05) is 125 Å². The third kappa shape index (κ3) is 15.4. The topological polar surface area (TPSA) is 0 Å². The molecule has 0 spiro atoms. The second-order valence-corrected chi connectivity index (χ2v) is 16.3. The average molecular weight is 988 g/mol. The molecule has 0 bridgehead atoms. The number of benzene rings is 8. The zero-order valence-corrected chi connectivity index (χ0v) is 49.8. The molecule has 0 unspecified atom stereocenters. The number of rotatable bonds is 0. The van der Waals surface area contributed by atoms with Crippen LogP contribution in [-0.2, 0) is 51.4 Å². The van der Waals surface area contributed by atoms with Crippen molar-refractivity contribution in [2.24, 2.45) is 0 Å². The normalized spacial score (nSPS) is 11.2. The van der Waals surface area contributed by atoms with Gasteiger partial charge < -0.3 is 0 Å². The molecule has 8 aromatic rings. The molecule has 0 radical (unpaired) electrons. The number of fused-ring (bicyclic) bond motifs is 14. The van der Waals surface area contributed by atoms with Crippen LogP contribution in [0.4, 0.5) is 0 Å². The summed E-state index contributed by atoms with van der Waals surface area (Å²) in [6, 6.07) is 62.4. The molecule has 0 heterocycles. The van der Waals surface area contributed by atoms with Gasteiger partial charge in [-0.2, -0.15) is 0 Å². The van der Waals surface area contributed by atoms with Crippen LogP contribution in [0.5, 0.6) is 0 Å². The molecule has 0 amide bonds. The van der Waals surface area contributed by atoms with Crippen LogP contribution < -0.4 is 0 Å². The first-order valence-corrected chi connectivity index (χ1v) is 29.4. The maximum atomic E-state index is 2.36. The highest BCUT2D eigenvalue weighted by atomic mass is 14.3. The zero-order chi connectivity index (χ0) is 55.0. The van der Waals surface area contributed by atoms with Crippen LogP contribution in [0.25, 0.3) is 22.3 Å². The van der Waals surface area contributed by atoms with Crippen LogP contribution in [0.2, 0.25) is 0 Å². The smallest absolute Gasteiger partial charge is 0.00105 e. The molecular formula is C74H98. The summed E-state index contributed by atoms with van der Waals surface area (Å²) < 4.78 is 0. The quantitative estimate of drug-likeness (QED) is 0.142. The molecule has 0 nitrogen and oxygen atoms in total. The van der Waals surface area contributed by atoms with Gasteiger partial charge in [0.1, 0.15) is 0 Å². The molecule has 0 heteroatoms. The first kappa shape index (κ1) is 63.9. The predicted molar refractivity (Wildman–Crippen MR) is 334 cm³/mol. The third-order valence-corrected chi connectivity index (χ3v) is 13.1. The van der Waals surface area contributed by atoms with Crippen molar-refractivity contribution in [3.8, 4) is 22.3 Å². The Morgan fingerprint density at radius 1 is 0.162 bits per heavy atom. The Morgan fingerprint density at radius 2 is 0.405 bits per heavy atom. The summed E-state index contributed by atoms with van der Waals surface area (Å²) >= 11 is 0. The number of hydrogen-bond acceptors (Lipinski definition) is 0. The molecule has 0 atom stereocenters. The summed E-state index contributed by atoms with van der Waals surface area (Å²) in [7, 11) is 0. The van der Waals surface area contributed by atoms with Gasteiger partial charge in [-0.05, 0) is 163 Å². The Labute approximate surface area is 454 Å². The summed E-state index contributed by atoms with van der Waals surface area (Å²) in [6.07, 6.45) is 8.78. The Balaban J connectivity index is 0.000000334. The van der Waals surface area contributed by atoms with Crippen molar-refractivity contribution in [1.29, 1.82) is 0 Å². The lowest BCUT2D eigenvalue weighted by Crippen LogP contribution is -2.09. The molecule has 0 aromatic heterocycles. The monoisotopic (exact) mass is 987 g/mol. The summed E-state index contributed by atoms with van der Waals surface area (Å²) in [5.74, 6) is 0. The van der Waals surface area contributed by atoms with E-state index in [0.717, 1.165) is 51.4 Å². The highest BCUT2D eigenvalue weighted by Gasteiger charge is 2.27. The van der Waals surface area contributed by atoms with E-state index >= 15 is 0 Å². The summed E-state index contributed by atoms with van der Waals surface area (Å²) in [5, 5.41) is 0. The van der Waals surface area contributed by atoms with Crippen molar-refractivity contribution < 1.29 is 0 Å². The summed E-state index contributed by atoms with van der Waals surface area (Å²) in [5.41, 5.74) is 30.1. The van der Waals surface area contributed by atoms with Gasteiger partial charge >= 0.3 is 0 Å². The van der Waals surface area contributed by atoms with Crippen molar-refractivity contribution >= 4 is 0 Å². The molecule has 5 aliphatic carbocycles. The van der Waals surface area contributed by atoms with Crippen molar-refractivity contribution in [3.05, 3.63) is 259 Å². The van der Waals surface area contributed by atoms with Crippen molar-refractivity contribution in [1.82, 2.24) is 0 Å². The Morgan fingerprint density at radius 3 is 0.811 bits per heavy atom. The summed E-state index contributed by atoms with van der Waals surface area (Å²) in [6.45, 7) is 36.0. The van der Waals surface area contributed by atoms with E-state index in [-0.39, 0.29) is 0 Å². The Kier molecular flexibility index (Phi) is 30.9. The molecule has 0 fully saturated rings. The average Bonchev–Trinajstić information content (AvgIpc) is 4.10. The van der Waals surface area contributed by atoms with Crippen molar-refractivity contribution in [2.45, 2.75) is 176 Å². The van der Waals surface area contributed by atoms with Crippen LogP contribution in [0.3, 0.4) is 0 Å². The SMILES string of the molecule is CC.CC.CC.CC.CC.CC.CC.CC.CC.c1ccc2c(c1)Cc1ccc3c(c1C2)-c1ccccc1C3.c1ccc2c(c1)Cc1ccc3c(c1C2)Cc1ccccc1-3.c1ccc2c(c1)Cc1ccccc1C2. The van der Waals surface area contributed by atoms with Crippen LogP contribution in [0, 0.1) is 0 Å². The first-order chi connectivity index (χ1) is 36.7. The molecule has 394 valence electrons. The van der Waals surface area contributed by atoms with E-state index in [0.29, 0.717) is 0 Å². The van der Waals surface area contributed by atoms with Gasteiger partial charge in [0.05, 0.1) is 0 Å². The summed E-state index contributed by atoms with van der Waals surface area (Å²) in [4.78, 5) is 0. The van der Waals surface area contributed by atoms with Crippen LogP contribution in [-0.4, -0.2) is 0 Å². The van der Waals surface area contributed by atoms with Gasteiger partial charge in [-0.3, -0.25) is 0 Å². The van der Waals surface area contributed by atoms with Crippen LogP contribution >= 0.6 is 0 Å². The van der Waals surface area contributed by atoms with E-state index in [2.05, 4.69) is 170 Å². The fraction of sp³-hybridized carbons (Fsp3) is 0.351. The van der Waals surface area contributed by atoms with E-state index in [1.165, 1.54) is 94.6 Å². The second kappa shape index (κ2) is 35.8. The van der Waals surface area contributed by atoms with Crippen molar-refractivity contribution in [3.63, 3.8) is 0 Å². The van der Waals surface area contributed by atoms with E-state index < -0.39 is 0 Å². The highest BCUT2D eigenvalue weighted by molar-refractivity contribution is 5.82. The van der Waals surface area contributed by atoms with Gasteiger partial charge in [-0.15, -0.1) is 0 Å². The molecule has 0 N–H and O–H groups in total. The molecule has 74 heavy (non-hydrogen) atoms.